The first-order valence-electron chi connectivity index (χ1n) is 11.5. The quantitative estimate of drug-likeness (QED) is 0.143. The average molecular weight is 607 g/mol. The van der Waals surface area contributed by atoms with Crippen molar-refractivity contribution in [2.75, 3.05) is 39.6 Å². The van der Waals surface area contributed by atoms with Crippen molar-refractivity contribution in [3.63, 3.8) is 0 Å². The van der Waals surface area contributed by atoms with E-state index >= 15 is 0 Å². The van der Waals surface area contributed by atoms with Gasteiger partial charge in [0, 0.05) is 35.4 Å². The number of aliphatic hydroxyl groups is 2. The van der Waals surface area contributed by atoms with Crippen molar-refractivity contribution in [3.8, 4) is 0 Å². The summed E-state index contributed by atoms with van der Waals surface area (Å²) in [5.74, 6) is 0. The third kappa shape index (κ3) is 11.3. The van der Waals surface area contributed by atoms with Crippen LogP contribution < -0.4 is 11.5 Å². The van der Waals surface area contributed by atoms with E-state index in [0.717, 1.165) is 0 Å². The van der Waals surface area contributed by atoms with Gasteiger partial charge in [-0.1, -0.05) is 0 Å². The Labute approximate surface area is 233 Å². The smallest absolute Gasteiger partial charge is 0.394 e. The summed E-state index contributed by atoms with van der Waals surface area (Å²) >= 11 is 0. The number of benzene rings is 2. The lowest BCUT2D eigenvalue weighted by Gasteiger charge is -2.35. The van der Waals surface area contributed by atoms with Gasteiger partial charge in [-0.2, -0.15) is 8.42 Å². The number of nitro benzene ring substituents is 2. The highest BCUT2D eigenvalue weighted by Crippen LogP contribution is 2.28. The number of aliphatic hydroxyl groups excluding tert-OH is 2. The van der Waals surface area contributed by atoms with Crippen LogP contribution in [-0.2, 0) is 29.3 Å². The molecule has 2 fully saturated rings. The van der Waals surface area contributed by atoms with Crippen LogP contribution in [0.25, 0.3) is 0 Å². The number of rotatable bonds is 6. The van der Waals surface area contributed by atoms with Crippen molar-refractivity contribution in [2.45, 2.75) is 23.7 Å². The predicted molar refractivity (Wildman–Crippen MR) is 138 cm³/mol. The van der Waals surface area contributed by atoms with E-state index < -0.39 is 43.9 Å². The first-order chi connectivity index (χ1) is 19.1. The summed E-state index contributed by atoms with van der Waals surface area (Å²) in [4.78, 5) is 20.1. The van der Waals surface area contributed by atoms with E-state index in [1.165, 1.54) is 24.3 Å². The van der Waals surface area contributed by atoms with Gasteiger partial charge in [-0.05, 0) is 24.3 Å². The molecule has 0 unspecified atom stereocenters. The third-order valence-corrected chi connectivity index (χ3v) is 5.47. The van der Waals surface area contributed by atoms with E-state index in [9.17, 15) is 20.2 Å². The number of hydrogen-bond donors (Lipinski definition) is 6. The summed E-state index contributed by atoms with van der Waals surface area (Å²) in [6, 6.07) is 11.8. The number of ether oxygens (including phenoxy) is 4. The zero-order valence-electron chi connectivity index (χ0n) is 21.3. The predicted octanol–water partition coefficient (Wildman–Crippen LogP) is 0.00720. The van der Waals surface area contributed by atoms with Crippen LogP contribution >= 0.6 is 0 Å². The van der Waals surface area contributed by atoms with Crippen LogP contribution in [-0.4, -0.2) is 88.3 Å². The fraction of sp³-hybridized carbons (Fsp3) is 0.455. The van der Waals surface area contributed by atoms with Crippen molar-refractivity contribution in [1.29, 1.82) is 0 Å². The van der Waals surface area contributed by atoms with Gasteiger partial charge in [-0.15, -0.1) is 0 Å². The van der Waals surface area contributed by atoms with Gasteiger partial charge in [0.15, 0.2) is 12.6 Å². The molecule has 8 N–H and O–H groups in total. The lowest BCUT2D eigenvalue weighted by atomic mass is 10.0. The largest absolute Gasteiger partial charge is 0.394 e. The average Bonchev–Trinajstić information content (AvgIpc) is 2.93. The fourth-order valence-electron chi connectivity index (χ4n) is 3.22. The van der Waals surface area contributed by atoms with Crippen LogP contribution in [0.4, 0.5) is 11.4 Å². The first-order valence-corrected chi connectivity index (χ1v) is 12.9. The van der Waals surface area contributed by atoms with Crippen molar-refractivity contribution in [3.05, 3.63) is 79.9 Å². The van der Waals surface area contributed by atoms with Crippen molar-refractivity contribution in [2.24, 2.45) is 11.5 Å². The normalized spacial score (nSPS) is 26.0. The number of non-ortho nitro benzene ring substituents is 2. The first kappa shape index (κ1) is 34.0. The Kier molecular flexibility index (Phi) is 12.1. The van der Waals surface area contributed by atoms with E-state index in [-0.39, 0.29) is 51.0 Å². The Hall–Kier alpha value is -3.21. The lowest BCUT2D eigenvalue weighted by Crippen LogP contribution is -2.55. The lowest BCUT2D eigenvalue weighted by molar-refractivity contribution is -0.385. The standard InChI is InChI=1S/2C11H14N2O5.H2O4S/c2*12-11(5-14)6-17-10(18-7-11)8-1-3-9(4-2-8)13(15)16;1-5(2,3)4/h2*1-4,10,14H,5-7,12H2;(H2,1,2,3,4). The van der Waals surface area contributed by atoms with Crippen molar-refractivity contribution >= 4 is 21.8 Å². The van der Waals surface area contributed by atoms with Gasteiger partial charge in [0.25, 0.3) is 11.4 Å². The molecule has 228 valence electrons. The molecule has 0 aliphatic carbocycles. The summed E-state index contributed by atoms with van der Waals surface area (Å²) < 4.78 is 53.2. The summed E-state index contributed by atoms with van der Waals surface area (Å²) in [5.41, 5.74) is 11.2. The molecule has 0 radical (unpaired) electrons. The highest BCUT2D eigenvalue weighted by molar-refractivity contribution is 7.79. The highest BCUT2D eigenvalue weighted by atomic mass is 32.3. The number of nitrogens with two attached hydrogens (primary N) is 2. The Morgan fingerprint density at radius 3 is 1.15 bits per heavy atom. The SMILES string of the molecule is NC1(CO)COC(c2ccc([N+](=O)[O-])cc2)OC1.NC1(CO)COC(c2ccc([N+](=O)[O-])cc2)OC1.O=S(=O)(O)O. The van der Waals surface area contributed by atoms with Gasteiger partial charge in [0.2, 0.25) is 0 Å². The van der Waals surface area contributed by atoms with Crippen molar-refractivity contribution in [1.82, 2.24) is 0 Å². The monoisotopic (exact) mass is 606 g/mol. The van der Waals surface area contributed by atoms with E-state index in [0.29, 0.717) is 11.1 Å². The van der Waals surface area contributed by atoms with Crippen LogP contribution in [0.1, 0.15) is 23.7 Å². The molecule has 4 rings (SSSR count). The van der Waals surface area contributed by atoms with E-state index in [4.69, 9.17) is 58.2 Å². The molecule has 2 aromatic carbocycles. The van der Waals surface area contributed by atoms with Crippen molar-refractivity contribution < 1.29 is 56.5 Å². The topological polar surface area (TPSA) is 290 Å². The maximum Gasteiger partial charge on any atom is 0.394 e. The van der Waals surface area contributed by atoms with Crippen LogP contribution in [0.15, 0.2) is 48.5 Å². The molecule has 19 heteroatoms. The molecule has 2 aliphatic rings. The summed E-state index contributed by atoms with van der Waals surface area (Å²) in [6.45, 7) is 0.243. The van der Waals surface area contributed by atoms with Gasteiger partial charge in [-0.25, -0.2) is 0 Å². The molecule has 41 heavy (non-hydrogen) atoms. The van der Waals surface area contributed by atoms with Crippen LogP contribution in [0.3, 0.4) is 0 Å². The minimum atomic E-state index is -4.67. The van der Waals surface area contributed by atoms with Gasteiger partial charge in [-0.3, -0.25) is 29.3 Å². The minimum absolute atomic E-state index is 0.0121. The Morgan fingerprint density at radius 2 is 0.951 bits per heavy atom. The number of hydrogen-bond acceptors (Lipinski definition) is 14. The molecule has 18 nitrogen and oxygen atoms in total. The second-order valence-corrected chi connectivity index (χ2v) is 9.99. The van der Waals surface area contributed by atoms with Crippen LogP contribution in [0.2, 0.25) is 0 Å². The molecule has 2 aromatic rings. The zero-order valence-corrected chi connectivity index (χ0v) is 22.2. The van der Waals surface area contributed by atoms with Crippen LogP contribution in [0.5, 0.6) is 0 Å². The van der Waals surface area contributed by atoms with Gasteiger partial charge in [0.05, 0.1) is 60.6 Å². The molecular weight excluding hydrogens is 576 g/mol. The van der Waals surface area contributed by atoms with E-state index in [2.05, 4.69) is 0 Å². The second-order valence-electron chi connectivity index (χ2n) is 9.09. The molecule has 0 amide bonds. The molecule has 2 aliphatic heterocycles. The Balaban J connectivity index is 0.000000247. The highest BCUT2D eigenvalue weighted by Gasteiger charge is 2.34. The van der Waals surface area contributed by atoms with E-state index in [1.807, 2.05) is 0 Å². The number of nitro groups is 2. The van der Waals surface area contributed by atoms with Gasteiger partial charge in [0.1, 0.15) is 0 Å². The third-order valence-electron chi connectivity index (χ3n) is 5.47. The fourth-order valence-corrected chi connectivity index (χ4v) is 3.22. The van der Waals surface area contributed by atoms with Crippen LogP contribution in [0, 0.1) is 20.2 Å². The van der Waals surface area contributed by atoms with Gasteiger partial charge >= 0.3 is 10.4 Å². The molecular formula is C22H30N4O14S. The summed E-state index contributed by atoms with van der Waals surface area (Å²) in [6.07, 6.45) is -1.21. The molecule has 0 spiro atoms. The molecule has 0 atom stereocenters. The summed E-state index contributed by atoms with van der Waals surface area (Å²) in [7, 11) is -4.67. The Bertz CT molecular complexity index is 1150. The molecule has 2 saturated heterocycles. The van der Waals surface area contributed by atoms with E-state index in [1.54, 1.807) is 24.3 Å². The molecule has 0 saturated carbocycles. The Morgan fingerprint density at radius 1 is 0.707 bits per heavy atom. The zero-order chi connectivity index (χ0) is 30.8. The summed E-state index contributed by atoms with van der Waals surface area (Å²) in [5, 5.41) is 39.1. The minimum Gasteiger partial charge on any atom is -0.394 e. The maximum absolute atomic E-state index is 10.5. The molecule has 0 bridgehead atoms. The number of nitrogens with zero attached hydrogens (tertiary/aromatic N) is 2. The molecule has 0 aromatic heterocycles. The maximum atomic E-state index is 10.5. The second kappa shape index (κ2) is 14.6. The van der Waals surface area contributed by atoms with Gasteiger partial charge < -0.3 is 40.6 Å². The molecule has 2 heterocycles.